The monoisotopic (exact) mass is 241 g/mol. The smallest absolute Gasteiger partial charge is 0.127 e. The summed E-state index contributed by atoms with van der Waals surface area (Å²) < 4.78 is 5.34. The molecule has 98 valence electrons. The quantitative estimate of drug-likeness (QED) is 0.736. The van der Waals surface area contributed by atoms with Crippen LogP contribution in [-0.2, 0) is 9.53 Å². The molecule has 0 aromatic carbocycles. The molecule has 0 aromatic heterocycles. The standard InChI is InChI=1S/C13H23NO3/c15-9-12-1-5-14(6-2-12)10-13(11-16)3-7-17-8-4-13/h11-12,15H,1-10H2. The molecule has 2 saturated heterocycles. The van der Waals surface area contributed by atoms with Crippen LogP contribution in [0.25, 0.3) is 0 Å². The number of ether oxygens (including phenoxy) is 1. The molecule has 0 bridgehead atoms. The van der Waals surface area contributed by atoms with E-state index in [2.05, 4.69) is 4.90 Å². The van der Waals surface area contributed by atoms with Crippen molar-refractivity contribution in [3.63, 3.8) is 0 Å². The molecular formula is C13H23NO3. The molecule has 2 heterocycles. The highest BCUT2D eigenvalue weighted by Gasteiger charge is 2.35. The van der Waals surface area contributed by atoms with Gasteiger partial charge in [-0.25, -0.2) is 0 Å². The zero-order chi connectivity index (χ0) is 12.1. The minimum Gasteiger partial charge on any atom is -0.396 e. The third-order valence-electron chi connectivity index (χ3n) is 4.24. The molecule has 1 N–H and O–H groups in total. The van der Waals surface area contributed by atoms with Gasteiger partial charge in [-0.2, -0.15) is 0 Å². The van der Waals surface area contributed by atoms with E-state index in [1.54, 1.807) is 0 Å². The van der Waals surface area contributed by atoms with E-state index < -0.39 is 0 Å². The first kappa shape index (κ1) is 13.0. The molecule has 2 fully saturated rings. The lowest BCUT2D eigenvalue weighted by Gasteiger charge is -2.39. The van der Waals surface area contributed by atoms with E-state index in [-0.39, 0.29) is 5.41 Å². The van der Waals surface area contributed by atoms with Gasteiger partial charge in [0, 0.05) is 31.8 Å². The number of nitrogens with zero attached hydrogens (tertiary/aromatic N) is 1. The molecule has 0 aliphatic carbocycles. The lowest BCUT2D eigenvalue weighted by Crippen LogP contribution is -2.45. The first-order chi connectivity index (χ1) is 8.28. The number of piperidine rings is 1. The average molecular weight is 241 g/mol. The number of aliphatic hydroxyl groups is 1. The van der Waals surface area contributed by atoms with E-state index in [4.69, 9.17) is 9.84 Å². The average Bonchev–Trinajstić information content (AvgIpc) is 2.41. The first-order valence-corrected chi connectivity index (χ1v) is 6.65. The van der Waals surface area contributed by atoms with Gasteiger partial charge in [-0.1, -0.05) is 0 Å². The number of carbonyl (C=O) groups excluding carboxylic acids is 1. The van der Waals surface area contributed by atoms with E-state index in [1.165, 1.54) is 0 Å². The second-order valence-corrected chi connectivity index (χ2v) is 5.49. The number of aliphatic hydroxyl groups excluding tert-OH is 1. The summed E-state index contributed by atoms with van der Waals surface area (Å²) >= 11 is 0. The third-order valence-corrected chi connectivity index (χ3v) is 4.24. The number of rotatable bonds is 4. The number of hydrogen-bond acceptors (Lipinski definition) is 4. The largest absolute Gasteiger partial charge is 0.396 e. The molecule has 17 heavy (non-hydrogen) atoms. The van der Waals surface area contributed by atoms with Crippen LogP contribution in [0.2, 0.25) is 0 Å². The summed E-state index contributed by atoms with van der Waals surface area (Å²) in [5, 5.41) is 9.10. The van der Waals surface area contributed by atoms with E-state index in [1.807, 2.05) is 0 Å². The number of carbonyl (C=O) groups is 1. The molecule has 0 radical (unpaired) electrons. The SMILES string of the molecule is O=CC1(CN2CCC(CO)CC2)CCOCC1. The highest BCUT2D eigenvalue weighted by Crippen LogP contribution is 2.30. The Hall–Kier alpha value is -0.450. The molecule has 0 atom stereocenters. The molecule has 0 unspecified atom stereocenters. The van der Waals surface area contributed by atoms with Crippen LogP contribution >= 0.6 is 0 Å². The van der Waals surface area contributed by atoms with Gasteiger partial charge in [0.1, 0.15) is 6.29 Å². The van der Waals surface area contributed by atoms with Crippen LogP contribution in [0.1, 0.15) is 25.7 Å². The fourth-order valence-electron chi connectivity index (χ4n) is 2.86. The normalized spacial score (nSPS) is 26.9. The number of aldehydes is 1. The minimum absolute atomic E-state index is 0.176. The lowest BCUT2D eigenvalue weighted by molar-refractivity contribution is -0.123. The maximum Gasteiger partial charge on any atom is 0.127 e. The third kappa shape index (κ3) is 3.27. The van der Waals surface area contributed by atoms with Crippen molar-refractivity contribution < 1.29 is 14.6 Å². The van der Waals surface area contributed by atoms with Crippen molar-refractivity contribution in [1.82, 2.24) is 4.90 Å². The summed E-state index contributed by atoms with van der Waals surface area (Å²) in [6, 6.07) is 0. The lowest BCUT2D eigenvalue weighted by atomic mass is 9.80. The van der Waals surface area contributed by atoms with Gasteiger partial charge in [0.15, 0.2) is 0 Å². The first-order valence-electron chi connectivity index (χ1n) is 6.65. The molecule has 4 nitrogen and oxygen atoms in total. The van der Waals surface area contributed by atoms with Crippen LogP contribution in [0.3, 0.4) is 0 Å². The molecule has 0 saturated carbocycles. The predicted molar refractivity (Wildman–Crippen MR) is 64.8 cm³/mol. The highest BCUT2D eigenvalue weighted by molar-refractivity contribution is 5.60. The predicted octanol–water partition coefficient (Wildman–Crippen LogP) is 0.686. The van der Waals surface area contributed by atoms with E-state index >= 15 is 0 Å². The highest BCUT2D eigenvalue weighted by atomic mass is 16.5. The topological polar surface area (TPSA) is 49.8 Å². The summed E-state index contributed by atoms with van der Waals surface area (Å²) in [4.78, 5) is 13.7. The Labute approximate surface area is 103 Å². The summed E-state index contributed by atoms with van der Waals surface area (Å²) in [7, 11) is 0. The fourth-order valence-corrected chi connectivity index (χ4v) is 2.86. The van der Waals surface area contributed by atoms with Gasteiger partial charge < -0.3 is 19.5 Å². The molecule has 4 heteroatoms. The Bertz CT molecular complexity index is 243. The van der Waals surface area contributed by atoms with Crippen molar-refractivity contribution in [2.75, 3.05) is 39.5 Å². The Morgan fingerprint density at radius 1 is 1.29 bits per heavy atom. The Balaban J connectivity index is 1.84. The van der Waals surface area contributed by atoms with Crippen LogP contribution in [0, 0.1) is 11.3 Å². The van der Waals surface area contributed by atoms with Gasteiger partial charge in [0.05, 0.1) is 0 Å². The molecule has 0 aromatic rings. The molecule has 2 aliphatic rings. The molecule has 0 spiro atoms. The van der Waals surface area contributed by atoms with Crippen LogP contribution in [-0.4, -0.2) is 55.7 Å². The van der Waals surface area contributed by atoms with Crippen LogP contribution in [0.5, 0.6) is 0 Å². The van der Waals surface area contributed by atoms with E-state index in [0.717, 1.165) is 51.6 Å². The van der Waals surface area contributed by atoms with Crippen molar-refractivity contribution in [1.29, 1.82) is 0 Å². The number of likely N-dealkylation sites (tertiary alicyclic amines) is 1. The summed E-state index contributed by atoms with van der Waals surface area (Å²) in [5.41, 5.74) is -0.176. The van der Waals surface area contributed by atoms with Crippen molar-refractivity contribution >= 4 is 6.29 Å². The van der Waals surface area contributed by atoms with Gasteiger partial charge in [0.2, 0.25) is 0 Å². The van der Waals surface area contributed by atoms with Gasteiger partial charge in [0.25, 0.3) is 0 Å². The molecule has 0 amide bonds. The molecular weight excluding hydrogens is 218 g/mol. The van der Waals surface area contributed by atoms with Crippen LogP contribution in [0.15, 0.2) is 0 Å². The van der Waals surface area contributed by atoms with Gasteiger partial charge >= 0.3 is 0 Å². The zero-order valence-electron chi connectivity index (χ0n) is 10.4. The Morgan fingerprint density at radius 2 is 1.94 bits per heavy atom. The number of hydrogen-bond donors (Lipinski definition) is 1. The van der Waals surface area contributed by atoms with Crippen molar-refractivity contribution in [3.8, 4) is 0 Å². The van der Waals surface area contributed by atoms with Crippen LogP contribution < -0.4 is 0 Å². The van der Waals surface area contributed by atoms with Crippen molar-refractivity contribution in [2.45, 2.75) is 25.7 Å². The maximum absolute atomic E-state index is 11.4. The second kappa shape index (κ2) is 5.94. The van der Waals surface area contributed by atoms with Crippen molar-refractivity contribution in [2.24, 2.45) is 11.3 Å². The van der Waals surface area contributed by atoms with Gasteiger partial charge in [-0.3, -0.25) is 0 Å². The second-order valence-electron chi connectivity index (χ2n) is 5.49. The fraction of sp³-hybridized carbons (Fsp3) is 0.923. The van der Waals surface area contributed by atoms with E-state index in [9.17, 15) is 4.79 Å². The maximum atomic E-state index is 11.4. The Kier molecular flexibility index (Phi) is 4.54. The zero-order valence-corrected chi connectivity index (χ0v) is 10.4. The molecule has 2 rings (SSSR count). The Morgan fingerprint density at radius 3 is 2.47 bits per heavy atom. The van der Waals surface area contributed by atoms with Crippen molar-refractivity contribution in [3.05, 3.63) is 0 Å². The van der Waals surface area contributed by atoms with E-state index in [0.29, 0.717) is 25.7 Å². The summed E-state index contributed by atoms with van der Waals surface area (Å²) in [6.07, 6.45) is 4.98. The minimum atomic E-state index is -0.176. The summed E-state index contributed by atoms with van der Waals surface area (Å²) in [5.74, 6) is 0.466. The molecule has 2 aliphatic heterocycles. The van der Waals surface area contributed by atoms with Crippen LogP contribution in [0.4, 0.5) is 0 Å². The van der Waals surface area contributed by atoms with Gasteiger partial charge in [-0.15, -0.1) is 0 Å². The van der Waals surface area contributed by atoms with Gasteiger partial charge in [-0.05, 0) is 44.7 Å². The summed E-state index contributed by atoms with van der Waals surface area (Å²) in [6.45, 7) is 4.64.